The highest BCUT2D eigenvalue weighted by Gasteiger charge is 2.42. The van der Waals surface area contributed by atoms with Gasteiger partial charge in [-0.25, -0.2) is 4.99 Å². The third kappa shape index (κ3) is 4.45. The van der Waals surface area contributed by atoms with Crippen molar-refractivity contribution < 1.29 is 4.74 Å². The zero-order valence-electron chi connectivity index (χ0n) is 16.8. The molecule has 1 aliphatic heterocycles. The predicted molar refractivity (Wildman–Crippen MR) is 106 cm³/mol. The minimum absolute atomic E-state index is 0.145. The van der Waals surface area contributed by atoms with Crippen LogP contribution in [0.1, 0.15) is 75.9 Å². The van der Waals surface area contributed by atoms with E-state index in [4.69, 9.17) is 9.73 Å². The molecule has 7 heteroatoms. The van der Waals surface area contributed by atoms with Crippen LogP contribution in [0.25, 0.3) is 0 Å². The van der Waals surface area contributed by atoms with Gasteiger partial charge in [-0.3, -0.25) is 0 Å². The molecule has 0 aromatic carbocycles. The standard InChI is InChI=1S/C20H34N6O/c1-15-24-25-18(26(15)2)14-21-19(22-16-7-4-3-5-8-16)23-17-9-12-27-20(13-17)10-6-11-20/h16-17H,3-14H2,1-2H3,(H2,21,22,23). The smallest absolute Gasteiger partial charge is 0.192 e. The number of aromatic nitrogens is 3. The molecule has 2 saturated carbocycles. The second-order valence-electron chi connectivity index (χ2n) is 8.59. The van der Waals surface area contributed by atoms with Crippen LogP contribution in [0.5, 0.6) is 0 Å². The summed E-state index contributed by atoms with van der Waals surface area (Å²) in [6.45, 7) is 3.38. The molecule has 1 aromatic heterocycles. The van der Waals surface area contributed by atoms with E-state index in [1.54, 1.807) is 0 Å². The predicted octanol–water partition coefficient (Wildman–Crippen LogP) is 2.59. The van der Waals surface area contributed by atoms with E-state index in [1.165, 1.54) is 51.4 Å². The molecule has 3 aliphatic rings. The number of ether oxygens (including phenoxy) is 1. The third-order valence-corrected chi connectivity index (χ3v) is 6.61. The Labute approximate surface area is 162 Å². The van der Waals surface area contributed by atoms with Gasteiger partial charge in [-0.2, -0.15) is 0 Å². The molecular formula is C20H34N6O. The van der Waals surface area contributed by atoms with Gasteiger partial charge in [0.1, 0.15) is 12.4 Å². The van der Waals surface area contributed by atoms with Gasteiger partial charge in [0.2, 0.25) is 0 Å². The fourth-order valence-corrected chi connectivity index (χ4v) is 4.58. The first-order chi connectivity index (χ1) is 13.1. The van der Waals surface area contributed by atoms with Crippen LogP contribution in [0.3, 0.4) is 0 Å². The third-order valence-electron chi connectivity index (χ3n) is 6.61. The van der Waals surface area contributed by atoms with E-state index < -0.39 is 0 Å². The van der Waals surface area contributed by atoms with Crippen LogP contribution in [-0.4, -0.2) is 45.0 Å². The van der Waals surface area contributed by atoms with Crippen molar-refractivity contribution in [3.05, 3.63) is 11.6 Å². The molecule has 1 saturated heterocycles. The fourth-order valence-electron chi connectivity index (χ4n) is 4.58. The van der Waals surface area contributed by atoms with E-state index >= 15 is 0 Å². The zero-order chi connectivity index (χ0) is 18.7. The van der Waals surface area contributed by atoms with Gasteiger partial charge in [0.05, 0.1) is 5.60 Å². The summed E-state index contributed by atoms with van der Waals surface area (Å²) in [6, 6.07) is 0.971. The van der Waals surface area contributed by atoms with E-state index in [-0.39, 0.29) is 5.60 Å². The maximum Gasteiger partial charge on any atom is 0.192 e. The van der Waals surface area contributed by atoms with Crippen LogP contribution < -0.4 is 10.6 Å². The van der Waals surface area contributed by atoms with Crippen LogP contribution in [0.2, 0.25) is 0 Å². The Kier molecular flexibility index (Phi) is 5.66. The SMILES string of the molecule is Cc1nnc(CN=C(NC2CCCCC2)NC2CCOC3(CCC3)C2)n1C. The van der Waals surface area contributed by atoms with Crippen LogP contribution >= 0.6 is 0 Å². The van der Waals surface area contributed by atoms with Gasteiger partial charge in [0, 0.05) is 25.7 Å². The summed E-state index contributed by atoms with van der Waals surface area (Å²) in [5.74, 6) is 2.76. The summed E-state index contributed by atoms with van der Waals surface area (Å²) in [7, 11) is 2.00. The molecule has 2 aliphatic carbocycles. The number of hydrogen-bond donors (Lipinski definition) is 2. The Balaban J connectivity index is 1.43. The number of nitrogens with zero attached hydrogens (tertiary/aromatic N) is 4. The quantitative estimate of drug-likeness (QED) is 0.626. The summed E-state index contributed by atoms with van der Waals surface area (Å²) in [6.07, 6.45) is 12.3. The van der Waals surface area contributed by atoms with Crippen molar-refractivity contribution in [2.24, 2.45) is 12.0 Å². The Morgan fingerprint density at radius 1 is 1.11 bits per heavy atom. The minimum Gasteiger partial charge on any atom is -0.375 e. The maximum absolute atomic E-state index is 6.09. The lowest BCUT2D eigenvalue weighted by atomic mass is 9.74. The molecule has 2 heterocycles. The summed E-state index contributed by atoms with van der Waals surface area (Å²) >= 11 is 0. The second kappa shape index (κ2) is 8.17. The van der Waals surface area contributed by atoms with Crippen molar-refractivity contribution in [1.82, 2.24) is 25.4 Å². The van der Waals surface area contributed by atoms with Gasteiger partial charge in [-0.15, -0.1) is 10.2 Å². The molecule has 4 rings (SSSR count). The first-order valence-corrected chi connectivity index (χ1v) is 10.7. The van der Waals surface area contributed by atoms with Gasteiger partial charge < -0.3 is 19.9 Å². The largest absolute Gasteiger partial charge is 0.375 e. The molecule has 0 amide bonds. The lowest BCUT2D eigenvalue weighted by Crippen LogP contribution is -2.55. The summed E-state index contributed by atoms with van der Waals surface area (Å²) in [4.78, 5) is 4.88. The minimum atomic E-state index is 0.145. The average Bonchev–Trinajstić information content (AvgIpc) is 2.98. The fraction of sp³-hybridized carbons (Fsp3) is 0.850. The first-order valence-electron chi connectivity index (χ1n) is 10.7. The van der Waals surface area contributed by atoms with Gasteiger partial charge in [0.15, 0.2) is 11.8 Å². The molecule has 2 N–H and O–H groups in total. The average molecular weight is 375 g/mol. The van der Waals surface area contributed by atoms with Crippen LogP contribution in [-0.2, 0) is 18.3 Å². The molecule has 0 bridgehead atoms. The Morgan fingerprint density at radius 3 is 2.56 bits per heavy atom. The summed E-state index contributed by atoms with van der Waals surface area (Å²) < 4.78 is 8.10. The molecule has 1 unspecified atom stereocenters. The molecule has 0 radical (unpaired) electrons. The van der Waals surface area contributed by atoms with E-state index in [2.05, 4.69) is 20.8 Å². The first kappa shape index (κ1) is 18.7. The Hall–Kier alpha value is -1.63. The van der Waals surface area contributed by atoms with Crippen LogP contribution in [0, 0.1) is 6.92 Å². The number of aryl methyl sites for hydroxylation is 1. The lowest BCUT2D eigenvalue weighted by molar-refractivity contribution is -0.134. The highest BCUT2D eigenvalue weighted by molar-refractivity contribution is 5.80. The number of rotatable bonds is 4. The highest BCUT2D eigenvalue weighted by atomic mass is 16.5. The maximum atomic E-state index is 6.09. The molecule has 7 nitrogen and oxygen atoms in total. The number of nitrogens with one attached hydrogen (secondary N) is 2. The molecule has 27 heavy (non-hydrogen) atoms. The van der Waals surface area contributed by atoms with Crippen molar-refractivity contribution >= 4 is 5.96 Å². The molecule has 1 atom stereocenters. The molecular weight excluding hydrogens is 340 g/mol. The van der Waals surface area contributed by atoms with Crippen molar-refractivity contribution in [2.45, 2.75) is 95.4 Å². The Morgan fingerprint density at radius 2 is 1.89 bits per heavy atom. The van der Waals surface area contributed by atoms with Gasteiger partial charge in [-0.1, -0.05) is 19.3 Å². The van der Waals surface area contributed by atoms with E-state index in [1.807, 2.05) is 18.5 Å². The van der Waals surface area contributed by atoms with Crippen LogP contribution in [0.15, 0.2) is 4.99 Å². The van der Waals surface area contributed by atoms with E-state index in [0.717, 1.165) is 37.1 Å². The summed E-state index contributed by atoms with van der Waals surface area (Å²) in [5.41, 5.74) is 0.145. The molecule has 1 aromatic rings. The van der Waals surface area contributed by atoms with Gasteiger partial charge in [-0.05, 0) is 51.9 Å². The molecule has 1 spiro atoms. The van der Waals surface area contributed by atoms with Crippen molar-refractivity contribution in [2.75, 3.05) is 6.61 Å². The van der Waals surface area contributed by atoms with E-state index in [9.17, 15) is 0 Å². The normalized spacial score (nSPS) is 26.0. The van der Waals surface area contributed by atoms with Gasteiger partial charge >= 0.3 is 0 Å². The highest BCUT2D eigenvalue weighted by Crippen LogP contribution is 2.42. The Bertz CT molecular complexity index is 659. The topological polar surface area (TPSA) is 76.4 Å². The number of guanidine groups is 1. The second-order valence-corrected chi connectivity index (χ2v) is 8.59. The van der Waals surface area contributed by atoms with Crippen molar-refractivity contribution in [1.29, 1.82) is 0 Å². The number of aliphatic imine (C=N–C) groups is 1. The monoisotopic (exact) mass is 374 g/mol. The molecule has 150 valence electrons. The van der Waals surface area contributed by atoms with Gasteiger partial charge in [0.25, 0.3) is 0 Å². The molecule has 3 fully saturated rings. The summed E-state index contributed by atoms with van der Waals surface area (Å²) in [5, 5.41) is 15.8. The van der Waals surface area contributed by atoms with Crippen molar-refractivity contribution in [3.8, 4) is 0 Å². The van der Waals surface area contributed by atoms with E-state index in [0.29, 0.717) is 18.6 Å². The lowest BCUT2D eigenvalue weighted by Gasteiger charge is -2.47. The zero-order valence-corrected chi connectivity index (χ0v) is 16.8. The van der Waals surface area contributed by atoms with Crippen molar-refractivity contribution in [3.63, 3.8) is 0 Å². The number of hydrogen-bond acceptors (Lipinski definition) is 4. The van der Waals surface area contributed by atoms with Crippen LogP contribution in [0.4, 0.5) is 0 Å².